The molecule has 0 saturated heterocycles. The fourth-order valence-corrected chi connectivity index (χ4v) is 6.37. The molecule has 0 bridgehead atoms. The largest absolute Gasteiger partial charge is 0.497 e. The zero-order chi connectivity index (χ0) is 31.9. The number of nitro groups is 1. The van der Waals surface area contributed by atoms with Crippen LogP contribution in [-0.2, 0) is 26.2 Å². The average Bonchev–Trinajstić information content (AvgIpc) is 2.97. The van der Waals surface area contributed by atoms with Crippen LogP contribution in [0, 0.1) is 17.0 Å². The number of amides is 2. The summed E-state index contributed by atoms with van der Waals surface area (Å²) in [5, 5.41) is 14.8. The lowest BCUT2D eigenvalue weighted by Gasteiger charge is -2.33. The second-order valence-corrected chi connectivity index (χ2v) is 12.1. The van der Waals surface area contributed by atoms with Crippen molar-refractivity contribution >= 4 is 56.4 Å². The fraction of sp³-hybridized carbons (Fsp3) is 0.310. The maximum Gasteiger partial charge on any atom is 0.273 e. The van der Waals surface area contributed by atoms with Crippen molar-refractivity contribution in [2.24, 2.45) is 0 Å². The number of rotatable bonds is 13. The fourth-order valence-electron chi connectivity index (χ4n) is 4.42. The van der Waals surface area contributed by atoms with Crippen molar-refractivity contribution in [3.05, 3.63) is 92.0 Å². The Hall–Kier alpha value is -3.87. The molecule has 3 aromatic rings. The van der Waals surface area contributed by atoms with E-state index < -0.39 is 39.3 Å². The quantitative estimate of drug-likeness (QED) is 0.194. The third kappa shape index (κ3) is 7.75. The first kappa shape index (κ1) is 33.6. The summed E-state index contributed by atoms with van der Waals surface area (Å²) in [5.41, 5.74) is 0.361. The Morgan fingerprint density at radius 2 is 1.67 bits per heavy atom. The molecule has 0 unspecified atom stereocenters. The highest BCUT2D eigenvalue weighted by Gasteiger charge is 2.35. The highest BCUT2D eigenvalue weighted by Crippen LogP contribution is 2.31. The molecular formula is C29H32Cl2N4O7S. The van der Waals surface area contributed by atoms with Gasteiger partial charge in [-0.15, -0.1) is 0 Å². The predicted octanol–water partition coefficient (Wildman–Crippen LogP) is 5.36. The van der Waals surface area contributed by atoms with Crippen molar-refractivity contribution < 1.29 is 27.7 Å². The molecule has 0 fully saturated rings. The van der Waals surface area contributed by atoms with Crippen LogP contribution in [-0.4, -0.2) is 56.3 Å². The molecule has 0 aliphatic rings. The normalized spacial score (nSPS) is 11.9. The van der Waals surface area contributed by atoms with Crippen molar-refractivity contribution in [3.63, 3.8) is 0 Å². The monoisotopic (exact) mass is 650 g/mol. The molecule has 2 amide bonds. The number of halogens is 2. The van der Waals surface area contributed by atoms with Crippen LogP contribution in [0.4, 0.5) is 11.4 Å². The van der Waals surface area contributed by atoms with Gasteiger partial charge in [-0.1, -0.05) is 42.3 Å². The van der Waals surface area contributed by atoms with E-state index in [1.165, 1.54) is 55.3 Å². The number of aryl methyl sites for hydroxylation is 1. The standard InChI is InChI=1S/C29H32Cl2N4O7S/c1-5-26(29(37)32-6-2)33(17-23-24(30)8-7-9-25(23)31)28(36)18-34(20-11-13-21(42-4)14-12-20)43(40,41)22-15-10-19(3)27(16-22)35(38)39/h7-16,26H,5-6,17-18H2,1-4H3,(H,32,37)/t26-/m0/s1. The van der Waals surface area contributed by atoms with Gasteiger partial charge in [-0.05, 0) is 62.7 Å². The lowest BCUT2D eigenvalue weighted by atomic mass is 10.1. The number of likely N-dealkylation sites (N-methyl/N-ethyl adjacent to an activating group) is 1. The molecule has 1 atom stereocenters. The average molecular weight is 652 g/mol. The van der Waals surface area contributed by atoms with Gasteiger partial charge in [0.1, 0.15) is 18.3 Å². The van der Waals surface area contributed by atoms with Gasteiger partial charge in [0.25, 0.3) is 15.7 Å². The Balaban J connectivity index is 2.15. The summed E-state index contributed by atoms with van der Waals surface area (Å²) in [7, 11) is -3.09. The van der Waals surface area contributed by atoms with E-state index in [-0.39, 0.29) is 44.8 Å². The summed E-state index contributed by atoms with van der Waals surface area (Å²) in [6.07, 6.45) is 0.207. The first-order valence-corrected chi connectivity index (χ1v) is 15.5. The molecule has 11 nitrogen and oxygen atoms in total. The molecule has 1 N–H and O–H groups in total. The van der Waals surface area contributed by atoms with Crippen LogP contribution in [0.25, 0.3) is 0 Å². The maximum atomic E-state index is 14.1. The van der Waals surface area contributed by atoms with E-state index in [0.717, 1.165) is 10.4 Å². The number of methoxy groups -OCH3 is 1. The number of hydrogen-bond donors (Lipinski definition) is 1. The number of hydrogen-bond acceptors (Lipinski definition) is 7. The summed E-state index contributed by atoms with van der Waals surface area (Å²) in [4.78, 5) is 39.0. The SMILES string of the molecule is CCNC(=O)[C@H](CC)N(Cc1c(Cl)cccc1Cl)C(=O)CN(c1ccc(OC)cc1)S(=O)(=O)c1ccc(C)c([N+](=O)[O-])c1. The smallest absolute Gasteiger partial charge is 0.273 e. The van der Waals surface area contributed by atoms with Crippen LogP contribution < -0.4 is 14.4 Å². The van der Waals surface area contributed by atoms with Gasteiger partial charge < -0.3 is 15.0 Å². The van der Waals surface area contributed by atoms with E-state index in [0.29, 0.717) is 17.9 Å². The van der Waals surface area contributed by atoms with Crippen LogP contribution in [0.15, 0.2) is 65.6 Å². The molecular weight excluding hydrogens is 619 g/mol. The van der Waals surface area contributed by atoms with Crippen LogP contribution in [0.3, 0.4) is 0 Å². The van der Waals surface area contributed by atoms with Gasteiger partial charge in [0, 0.05) is 40.3 Å². The van der Waals surface area contributed by atoms with Gasteiger partial charge in [0.05, 0.1) is 22.6 Å². The summed E-state index contributed by atoms with van der Waals surface area (Å²) in [6, 6.07) is 13.3. The van der Waals surface area contributed by atoms with Gasteiger partial charge in [-0.3, -0.25) is 24.0 Å². The molecule has 14 heteroatoms. The molecule has 3 aromatic carbocycles. The van der Waals surface area contributed by atoms with Crippen molar-refractivity contribution in [2.75, 3.05) is 24.5 Å². The van der Waals surface area contributed by atoms with Crippen LogP contribution in [0.5, 0.6) is 5.75 Å². The highest BCUT2D eigenvalue weighted by molar-refractivity contribution is 7.92. The Morgan fingerprint density at radius 3 is 2.21 bits per heavy atom. The first-order chi connectivity index (χ1) is 20.3. The summed E-state index contributed by atoms with van der Waals surface area (Å²) >= 11 is 12.8. The minimum absolute atomic E-state index is 0.0964. The predicted molar refractivity (Wildman–Crippen MR) is 165 cm³/mol. The molecule has 0 aliphatic carbocycles. The minimum Gasteiger partial charge on any atom is -0.497 e. The zero-order valence-electron chi connectivity index (χ0n) is 24.0. The number of nitro benzene ring substituents is 1. The van der Waals surface area contributed by atoms with E-state index in [9.17, 15) is 28.1 Å². The van der Waals surface area contributed by atoms with Gasteiger partial charge in [-0.25, -0.2) is 8.42 Å². The van der Waals surface area contributed by atoms with E-state index in [2.05, 4.69) is 5.32 Å². The summed E-state index contributed by atoms with van der Waals surface area (Å²) in [5.74, 6) is -0.722. The topological polar surface area (TPSA) is 139 Å². The number of sulfonamides is 1. The van der Waals surface area contributed by atoms with E-state index in [1.54, 1.807) is 32.0 Å². The van der Waals surface area contributed by atoms with E-state index >= 15 is 0 Å². The Bertz CT molecular complexity index is 1580. The Morgan fingerprint density at radius 1 is 1.05 bits per heavy atom. The minimum atomic E-state index is -4.54. The second kappa shape index (κ2) is 14.5. The van der Waals surface area contributed by atoms with Crippen LogP contribution >= 0.6 is 23.2 Å². The highest BCUT2D eigenvalue weighted by atomic mass is 35.5. The summed E-state index contributed by atoms with van der Waals surface area (Å²) in [6.45, 7) is 4.33. The number of benzene rings is 3. The van der Waals surface area contributed by atoms with Crippen LogP contribution in [0.1, 0.15) is 31.4 Å². The third-order valence-electron chi connectivity index (χ3n) is 6.73. The van der Waals surface area contributed by atoms with Crippen molar-refractivity contribution in [3.8, 4) is 5.75 Å². The first-order valence-electron chi connectivity index (χ1n) is 13.3. The maximum absolute atomic E-state index is 14.1. The van der Waals surface area contributed by atoms with Gasteiger partial charge in [0.15, 0.2) is 0 Å². The van der Waals surface area contributed by atoms with Gasteiger partial charge >= 0.3 is 0 Å². The van der Waals surface area contributed by atoms with E-state index in [1.807, 2.05) is 0 Å². The molecule has 0 saturated carbocycles. The molecule has 43 heavy (non-hydrogen) atoms. The van der Waals surface area contributed by atoms with Crippen molar-refractivity contribution in [1.29, 1.82) is 0 Å². The molecule has 0 heterocycles. The molecule has 0 aromatic heterocycles. The Labute approximate surface area is 260 Å². The van der Waals surface area contributed by atoms with Gasteiger partial charge in [-0.2, -0.15) is 0 Å². The molecule has 0 aliphatic heterocycles. The lowest BCUT2D eigenvalue weighted by molar-refractivity contribution is -0.385. The summed E-state index contributed by atoms with van der Waals surface area (Å²) < 4.78 is 34.1. The lowest BCUT2D eigenvalue weighted by Crippen LogP contribution is -2.52. The van der Waals surface area contributed by atoms with Gasteiger partial charge in [0.2, 0.25) is 11.8 Å². The van der Waals surface area contributed by atoms with E-state index in [4.69, 9.17) is 27.9 Å². The second-order valence-electron chi connectivity index (χ2n) is 9.46. The Kier molecular flexibility index (Phi) is 11.4. The molecule has 0 spiro atoms. The molecule has 3 rings (SSSR count). The third-order valence-corrected chi connectivity index (χ3v) is 9.21. The van der Waals surface area contributed by atoms with Crippen LogP contribution in [0.2, 0.25) is 10.0 Å². The number of carbonyl (C=O) groups is 2. The number of nitrogens with one attached hydrogen (secondary N) is 1. The molecule has 230 valence electrons. The van der Waals surface area contributed by atoms with Crippen molar-refractivity contribution in [1.82, 2.24) is 10.2 Å². The number of carbonyl (C=O) groups excluding carboxylic acids is 2. The van der Waals surface area contributed by atoms with Crippen molar-refractivity contribution in [2.45, 2.75) is 44.7 Å². The zero-order valence-corrected chi connectivity index (χ0v) is 26.4. The number of ether oxygens (including phenoxy) is 1. The number of nitrogens with zero attached hydrogens (tertiary/aromatic N) is 3. The molecule has 0 radical (unpaired) electrons. The number of anilines is 1.